The van der Waals surface area contributed by atoms with Gasteiger partial charge in [0, 0.05) is 24.2 Å². The Morgan fingerprint density at radius 1 is 1.10 bits per heavy atom. The van der Waals surface area contributed by atoms with Gasteiger partial charge in [0.2, 0.25) is 11.8 Å². The van der Waals surface area contributed by atoms with Gasteiger partial charge < -0.3 is 20.3 Å². The Hall–Kier alpha value is -3.35. The first-order valence-electron chi connectivity index (χ1n) is 9.44. The fourth-order valence-electron chi connectivity index (χ4n) is 3.74. The van der Waals surface area contributed by atoms with E-state index >= 15 is 0 Å². The Balaban J connectivity index is 1.95. The second-order valence-electron chi connectivity index (χ2n) is 7.33. The van der Waals surface area contributed by atoms with Crippen LogP contribution in [0.3, 0.4) is 0 Å². The van der Waals surface area contributed by atoms with Gasteiger partial charge in [0.05, 0.1) is 19.2 Å². The van der Waals surface area contributed by atoms with E-state index in [4.69, 9.17) is 4.74 Å². The van der Waals surface area contributed by atoms with Gasteiger partial charge in [-0.15, -0.1) is 0 Å². The van der Waals surface area contributed by atoms with Gasteiger partial charge in [-0.1, -0.05) is 18.2 Å². The van der Waals surface area contributed by atoms with Crippen LogP contribution in [0.5, 0.6) is 5.75 Å². The zero-order valence-corrected chi connectivity index (χ0v) is 17.0. The van der Waals surface area contributed by atoms with Crippen molar-refractivity contribution in [3.05, 3.63) is 54.1 Å². The molecule has 1 heterocycles. The van der Waals surface area contributed by atoms with E-state index in [0.29, 0.717) is 22.7 Å². The largest absolute Gasteiger partial charge is 0.497 e. The minimum atomic E-state index is -1.44. The summed E-state index contributed by atoms with van der Waals surface area (Å²) in [7, 11) is 1.56. The van der Waals surface area contributed by atoms with Crippen molar-refractivity contribution < 1.29 is 19.1 Å². The Morgan fingerprint density at radius 3 is 2.34 bits per heavy atom. The molecule has 0 unspecified atom stereocenters. The number of fused-ring (bicyclic) bond motifs is 1. The Bertz CT molecular complexity index is 939. The van der Waals surface area contributed by atoms with E-state index in [2.05, 4.69) is 10.6 Å². The highest BCUT2D eigenvalue weighted by molar-refractivity contribution is 6.12. The Labute approximate surface area is 170 Å². The minimum Gasteiger partial charge on any atom is -0.497 e. The summed E-state index contributed by atoms with van der Waals surface area (Å²) >= 11 is 0. The first-order valence-corrected chi connectivity index (χ1v) is 9.44. The number of methoxy groups -OCH3 is 1. The molecule has 3 amide bonds. The lowest BCUT2D eigenvalue weighted by molar-refractivity contribution is -0.133. The summed E-state index contributed by atoms with van der Waals surface area (Å²) in [5, 5.41) is 5.57. The van der Waals surface area contributed by atoms with Crippen LogP contribution in [0.4, 0.5) is 11.4 Å². The molecule has 2 N–H and O–H groups in total. The summed E-state index contributed by atoms with van der Waals surface area (Å²) in [6, 6.07) is 14.0. The maximum Gasteiger partial charge on any atom is 0.258 e. The molecule has 0 radical (unpaired) electrons. The summed E-state index contributed by atoms with van der Waals surface area (Å²) in [6.45, 7) is 5.14. The van der Waals surface area contributed by atoms with E-state index in [1.54, 1.807) is 48.4 Å². The number of hydrogen-bond donors (Lipinski definition) is 2. The third-order valence-electron chi connectivity index (χ3n) is 4.91. The van der Waals surface area contributed by atoms with E-state index in [-0.39, 0.29) is 30.2 Å². The van der Waals surface area contributed by atoms with E-state index in [9.17, 15) is 14.4 Å². The van der Waals surface area contributed by atoms with Crippen LogP contribution in [0, 0.1) is 0 Å². The summed E-state index contributed by atoms with van der Waals surface area (Å²) in [4.78, 5) is 40.0. The molecule has 1 atom stereocenters. The molecular formula is C22H25N3O4. The SMILES string of the molecule is COc1ccc(NC(=O)C[C@]2(NC(C)=O)C(=O)N(C(C)C)c3ccccc32)cc1. The maximum atomic E-state index is 13.4. The predicted molar refractivity (Wildman–Crippen MR) is 111 cm³/mol. The van der Waals surface area contributed by atoms with E-state index in [0.717, 1.165) is 0 Å². The molecule has 152 valence electrons. The molecule has 1 aliphatic rings. The van der Waals surface area contributed by atoms with Crippen LogP contribution in [0.1, 0.15) is 32.8 Å². The lowest BCUT2D eigenvalue weighted by atomic mass is 9.87. The summed E-state index contributed by atoms with van der Waals surface area (Å²) in [5.41, 5.74) is 0.467. The molecule has 1 aliphatic heterocycles. The van der Waals surface area contributed by atoms with Crippen LogP contribution >= 0.6 is 0 Å². The number of nitrogens with one attached hydrogen (secondary N) is 2. The van der Waals surface area contributed by atoms with Gasteiger partial charge in [-0.3, -0.25) is 14.4 Å². The molecule has 7 nitrogen and oxygen atoms in total. The molecule has 0 aromatic heterocycles. The molecule has 0 fully saturated rings. The van der Waals surface area contributed by atoms with Gasteiger partial charge in [0.25, 0.3) is 5.91 Å². The average molecular weight is 395 g/mol. The van der Waals surface area contributed by atoms with Crippen LogP contribution in [-0.2, 0) is 19.9 Å². The van der Waals surface area contributed by atoms with Crippen molar-refractivity contribution in [2.45, 2.75) is 38.8 Å². The third kappa shape index (κ3) is 3.81. The van der Waals surface area contributed by atoms with Gasteiger partial charge in [0.15, 0.2) is 5.54 Å². The fourth-order valence-corrected chi connectivity index (χ4v) is 3.74. The van der Waals surface area contributed by atoms with Gasteiger partial charge in [0.1, 0.15) is 5.75 Å². The Kier molecular flexibility index (Phi) is 5.59. The minimum absolute atomic E-state index is 0.121. The average Bonchev–Trinajstić information content (AvgIpc) is 2.90. The molecule has 2 aromatic rings. The van der Waals surface area contributed by atoms with Crippen LogP contribution in [0.25, 0.3) is 0 Å². The molecule has 3 rings (SSSR count). The molecular weight excluding hydrogens is 370 g/mol. The quantitative estimate of drug-likeness (QED) is 0.787. The van der Waals surface area contributed by atoms with E-state index in [1.165, 1.54) is 6.92 Å². The highest BCUT2D eigenvalue weighted by Crippen LogP contribution is 2.43. The fraction of sp³-hybridized carbons (Fsp3) is 0.318. The van der Waals surface area contributed by atoms with E-state index < -0.39 is 5.54 Å². The number of amides is 3. The summed E-state index contributed by atoms with van der Waals surface area (Å²) in [5.74, 6) is -0.396. The second-order valence-corrected chi connectivity index (χ2v) is 7.33. The lowest BCUT2D eigenvalue weighted by Gasteiger charge is -2.30. The predicted octanol–water partition coefficient (Wildman–Crippen LogP) is 2.81. The van der Waals surface area contributed by atoms with Gasteiger partial charge in [-0.05, 0) is 44.2 Å². The van der Waals surface area contributed by atoms with Crippen LogP contribution in [0.2, 0.25) is 0 Å². The second kappa shape index (κ2) is 7.95. The summed E-state index contributed by atoms with van der Waals surface area (Å²) in [6.07, 6.45) is -0.211. The van der Waals surface area contributed by atoms with Crippen LogP contribution < -0.4 is 20.3 Å². The van der Waals surface area contributed by atoms with Gasteiger partial charge in [-0.2, -0.15) is 0 Å². The van der Waals surface area contributed by atoms with Gasteiger partial charge in [-0.25, -0.2) is 0 Å². The van der Waals surface area contributed by atoms with Crippen molar-refractivity contribution in [3.63, 3.8) is 0 Å². The monoisotopic (exact) mass is 395 g/mol. The number of hydrogen-bond acceptors (Lipinski definition) is 4. The van der Waals surface area contributed by atoms with E-state index in [1.807, 2.05) is 26.0 Å². The zero-order chi connectivity index (χ0) is 21.2. The normalized spacial score (nSPS) is 17.8. The van der Waals surface area contributed by atoms with Crippen LogP contribution in [0.15, 0.2) is 48.5 Å². The topological polar surface area (TPSA) is 87.7 Å². The highest BCUT2D eigenvalue weighted by Gasteiger charge is 2.53. The number of benzene rings is 2. The number of ether oxygens (including phenoxy) is 1. The first kappa shape index (κ1) is 20.4. The smallest absolute Gasteiger partial charge is 0.258 e. The van der Waals surface area contributed by atoms with Crippen LogP contribution in [-0.4, -0.2) is 30.9 Å². The Morgan fingerprint density at radius 2 is 1.76 bits per heavy atom. The number of carbonyl (C=O) groups excluding carboxylic acids is 3. The number of anilines is 2. The zero-order valence-electron chi connectivity index (χ0n) is 17.0. The molecule has 0 aliphatic carbocycles. The molecule has 0 saturated heterocycles. The molecule has 7 heteroatoms. The molecule has 2 aromatic carbocycles. The van der Waals surface area contributed by atoms with Crippen molar-refractivity contribution in [1.82, 2.24) is 5.32 Å². The molecule has 0 saturated carbocycles. The van der Waals surface area contributed by atoms with Crippen molar-refractivity contribution >= 4 is 29.1 Å². The highest BCUT2D eigenvalue weighted by atomic mass is 16.5. The lowest BCUT2D eigenvalue weighted by Crippen LogP contribution is -2.55. The number of nitrogens with zero attached hydrogens (tertiary/aromatic N) is 1. The molecule has 0 bridgehead atoms. The van der Waals surface area contributed by atoms with Gasteiger partial charge >= 0.3 is 0 Å². The van der Waals surface area contributed by atoms with Crippen molar-refractivity contribution in [2.75, 3.05) is 17.3 Å². The standard InChI is InChI=1S/C22H25N3O4/c1-14(2)25-19-8-6-5-7-18(19)22(21(25)28,24-15(3)26)13-20(27)23-16-9-11-17(29-4)12-10-16/h5-12,14H,13H2,1-4H3,(H,23,27)(H,24,26)/t22-/m1/s1. The first-order chi connectivity index (χ1) is 13.8. The van der Waals surface area contributed by atoms with Crippen molar-refractivity contribution in [2.24, 2.45) is 0 Å². The number of rotatable bonds is 6. The summed E-state index contributed by atoms with van der Waals surface area (Å²) < 4.78 is 5.12. The number of para-hydroxylation sites is 1. The number of carbonyl (C=O) groups is 3. The van der Waals surface area contributed by atoms with Crippen molar-refractivity contribution in [1.29, 1.82) is 0 Å². The maximum absolute atomic E-state index is 13.4. The molecule has 0 spiro atoms. The third-order valence-corrected chi connectivity index (χ3v) is 4.91. The molecule has 29 heavy (non-hydrogen) atoms. The van der Waals surface area contributed by atoms with Crippen molar-refractivity contribution in [3.8, 4) is 5.75 Å².